The molecular formula is C33H43Cl2N7O3. The van der Waals surface area contributed by atoms with Crippen molar-refractivity contribution in [3.63, 3.8) is 0 Å². The van der Waals surface area contributed by atoms with Gasteiger partial charge >= 0.3 is 0 Å². The van der Waals surface area contributed by atoms with Crippen LogP contribution in [0.2, 0.25) is 10.0 Å². The van der Waals surface area contributed by atoms with Crippen molar-refractivity contribution in [3.05, 3.63) is 40.7 Å². The van der Waals surface area contributed by atoms with Crippen molar-refractivity contribution in [3.8, 4) is 11.1 Å². The van der Waals surface area contributed by atoms with Gasteiger partial charge in [-0.25, -0.2) is 0 Å². The monoisotopic (exact) mass is 655 g/mol. The maximum Gasteiger partial charge on any atom is 0.245 e. The molecule has 242 valence electrons. The van der Waals surface area contributed by atoms with Gasteiger partial charge in [-0.05, 0) is 57.6 Å². The molecule has 1 spiro atoms. The summed E-state index contributed by atoms with van der Waals surface area (Å²) < 4.78 is 13.7. The summed E-state index contributed by atoms with van der Waals surface area (Å²) in [6.07, 6.45) is 7.26. The second-order valence-electron chi connectivity index (χ2n) is 13.9. The van der Waals surface area contributed by atoms with Gasteiger partial charge in [0.05, 0.1) is 53.2 Å². The Morgan fingerprint density at radius 1 is 1.20 bits per heavy atom. The molecular weight excluding hydrogens is 613 g/mol. The fourth-order valence-corrected chi connectivity index (χ4v) is 9.02. The Morgan fingerprint density at radius 3 is 2.67 bits per heavy atom. The van der Waals surface area contributed by atoms with E-state index in [2.05, 4.69) is 45.1 Å². The average molecular weight is 657 g/mol. The maximum absolute atomic E-state index is 12.1. The number of anilines is 1. The lowest BCUT2D eigenvalue weighted by molar-refractivity contribution is -0.149. The summed E-state index contributed by atoms with van der Waals surface area (Å²) >= 11 is 13.8. The number of nitrogens with zero attached hydrogens (tertiary/aromatic N) is 6. The molecule has 2 aromatic heterocycles. The van der Waals surface area contributed by atoms with E-state index in [1.807, 2.05) is 17.2 Å². The van der Waals surface area contributed by atoms with Crippen LogP contribution in [0.25, 0.3) is 22.0 Å². The van der Waals surface area contributed by atoms with E-state index in [4.69, 9.17) is 37.8 Å². The van der Waals surface area contributed by atoms with Gasteiger partial charge in [-0.15, -0.1) is 0 Å². The van der Waals surface area contributed by atoms with Crippen molar-refractivity contribution in [2.75, 3.05) is 71.1 Å². The third kappa shape index (κ3) is 5.36. The number of benzene rings is 1. The lowest BCUT2D eigenvalue weighted by atomic mass is 9.60. The number of hydrogen-bond donors (Lipinski definition) is 1. The van der Waals surface area contributed by atoms with Crippen molar-refractivity contribution >= 4 is 45.8 Å². The zero-order chi connectivity index (χ0) is 31.5. The molecule has 1 aromatic carbocycles. The van der Waals surface area contributed by atoms with Gasteiger partial charge in [0.15, 0.2) is 5.82 Å². The Bertz CT molecular complexity index is 1600. The van der Waals surface area contributed by atoms with Crippen LogP contribution in [-0.2, 0) is 14.3 Å². The van der Waals surface area contributed by atoms with Crippen LogP contribution in [0, 0.1) is 18.3 Å². The van der Waals surface area contributed by atoms with Crippen molar-refractivity contribution in [2.24, 2.45) is 11.3 Å². The number of piperidine rings is 1. The number of carbonyl (C=O) groups is 1. The third-order valence-electron chi connectivity index (χ3n) is 10.7. The number of nitrogens with one attached hydrogen (secondary N) is 1. The van der Waals surface area contributed by atoms with Gasteiger partial charge in [0.25, 0.3) is 0 Å². The molecule has 45 heavy (non-hydrogen) atoms. The van der Waals surface area contributed by atoms with Crippen LogP contribution < -0.4 is 4.90 Å². The molecule has 1 saturated carbocycles. The number of aromatic amines is 1. The molecule has 4 fully saturated rings. The number of halogens is 2. The number of methoxy groups -OCH3 is 1. The molecule has 4 aliphatic rings. The Hall–Kier alpha value is -2.63. The molecule has 0 bridgehead atoms. The minimum Gasteiger partial charge on any atom is -0.382 e. The molecule has 3 aliphatic heterocycles. The summed E-state index contributed by atoms with van der Waals surface area (Å²) in [5, 5.41) is 14.8. The van der Waals surface area contributed by atoms with E-state index in [-0.39, 0.29) is 22.9 Å². The van der Waals surface area contributed by atoms with Gasteiger partial charge in [0, 0.05) is 74.0 Å². The van der Waals surface area contributed by atoms with Crippen LogP contribution in [0.15, 0.2) is 24.9 Å². The molecule has 10 nitrogen and oxygen atoms in total. The van der Waals surface area contributed by atoms with Crippen molar-refractivity contribution in [2.45, 2.75) is 51.1 Å². The Kier molecular flexibility index (Phi) is 8.17. The van der Waals surface area contributed by atoms with Crippen molar-refractivity contribution < 1.29 is 14.3 Å². The number of ether oxygens (including phenoxy) is 2. The molecule has 1 N–H and O–H groups in total. The smallest absolute Gasteiger partial charge is 0.245 e. The summed E-state index contributed by atoms with van der Waals surface area (Å²) in [6.45, 7) is 15.8. The summed E-state index contributed by atoms with van der Waals surface area (Å²) in [5.41, 5.74) is 3.65. The first-order valence-corrected chi connectivity index (χ1v) is 16.8. The van der Waals surface area contributed by atoms with E-state index in [0.29, 0.717) is 22.6 Å². The average Bonchev–Trinajstić information content (AvgIpc) is 3.57. The predicted molar refractivity (Wildman–Crippen MR) is 177 cm³/mol. The highest BCUT2D eigenvalue weighted by Gasteiger charge is 2.55. The van der Waals surface area contributed by atoms with E-state index < -0.39 is 0 Å². The second kappa shape index (κ2) is 11.9. The molecule has 2 atom stereocenters. The number of morpholine rings is 1. The molecule has 0 radical (unpaired) electrons. The second-order valence-corrected chi connectivity index (χ2v) is 14.7. The van der Waals surface area contributed by atoms with Crippen molar-refractivity contribution in [1.29, 1.82) is 0 Å². The first-order chi connectivity index (χ1) is 21.6. The summed E-state index contributed by atoms with van der Waals surface area (Å²) in [4.78, 5) is 19.0. The number of likely N-dealkylation sites (tertiary alicyclic amines) is 1. The number of fused-ring (bicyclic) bond motifs is 1. The van der Waals surface area contributed by atoms with Crippen LogP contribution in [0.1, 0.15) is 44.3 Å². The Balaban J connectivity index is 1.26. The lowest BCUT2D eigenvalue weighted by Gasteiger charge is -2.58. The van der Waals surface area contributed by atoms with Crippen LogP contribution >= 0.6 is 23.2 Å². The topological polar surface area (TPSA) is 91.8 Å². The largest absolute Gasteiger partial charge is 0.382 e. The molecule has 3 aromatic rings. The van der Waals surface area contributed by atoms with E-state index in [9.17, 15) is 4.79 Å². The first kappa shape index (κ1) is 31.0. The van der Waals surface area contributed by atoms with E-state index in [1.54, 1.807) is 7.11 Å². The summed E-state index contributed by atoms with van der Waals surface area (Å²) in [6, 6.07) is 2.08. The standard InChI is InChI=1S/C33H43Cl2N7O3/c1-5-27(43)40-18-33(19-40)14-23(15-33)42-21(2)28(29-24-16-36-37-26(24)12-25(34)30(29)35)31(38-42)41-7-6-22(13-32(41,3)20-44-4)17-39-8-10-45-11-9-39/h5,12,16,22-23H,1,6-11,13-15,17-20H2,2-4H3,(H,36,37). The van der Waals surface area contributed by atoms with Crippen LogP contribution in [0.3, 0.4) is 0 Å². The van der Waals surface area contributed by atoms with Crippen LogP contribution in [0.5, 0.6) is 0 Å². The van der Waals surface area contributed by atoms with Gasteiger partial charge in [-0.3, -0.25) is 19.5 Å². The normalized spacial score (nSPS) is 25.5. The van der Waals surface area contributed by atoms with Gasteiger partial charge in [-0.2, -0.15) is 10.2 Å². The number of hydrogen-bond acceptors (Lipinski definition) is 7. The number of amides is 1. The predicted octanol–water partition coefficient (Wildman–Crippen LogP) is 5.34. The molecule has 1 aliphatic carbocycles. The minimum atomic E-state index is -0.273. The van der Waals surface area contributed by atoms with Gasteiger partial charge in [-0.1, -0.05) is 29.8 Å². The molecule has 12 heteroatoms. The summed E-state index contributed by atoms with van der Waals surface area (Å²) in [5.74, 6) is 1.48. The molecule has 5 heterocycles. The number of H-pyrrole nitrogens is 1. The fourth-order valence-electron chi connectivity index (χ4n) is 8.57. The molecule has 1 amide bonds. The molecule has 3 saturated heterocycles. The minimum absolute atomic E-state index is 0.0121. The Morgan fingerprint density at radius 2 is 1.96 bits per heavy atom. The zero-order valence-corrected chi connectivity index (χ0v) is 28.0. The maximum atomic E-state index is 12.1. The lowest BCUT2D eigenvalue weighted by Crippen LogP contribution is -2.63. The highest BCUT2D eigenvalue weighted by atomic mass is 35.5. The summed E-state index contributed by atoms with van der Waals surface area (Å²) in [7, 11) is 1.79. The van der Waals surface area contributed by atoms with E-state index in [0.717, 1.165) is 112 Å². The van der Waals surface area contributed by atoms with Crippen LogP contribution in [0.4, 0.5) is 5.82 Å². The fraction of sp³-hybridized carbons (Fsp3) is 0.606. The van der Waals surface area contributed by atoms with Gasteiger partial charge in [0.1, 0.15) is 0 Å². The highest BCUT2D eigenvalue weighted by molar-refractivity contribution is 6.45. The molecule has 7 rings (SSSR count). The van der Waals surface area contributed by atoms with Gasteiger partial charge in [0.2, 0.25) is 5.91 Å². The molecule has 2 unspecified atom stereocenters. The zero-order valence-electron chi connectivity index (χ0n) is 26.5. The number of aromatic nitrogens is 4. The van der Waals surface area contributed by atoms with Crippen LogP contribution in [-0.4, -0.2) is 107 Å². The van der Waals surface area contributed by atoms with Gasteiger partial charge < -0.3 is 19.3 Å². The van der Waals surface area contributed by atoms with E-state index in [1.165, 1.54) is 6.08 Å². The van der Waals surface area contributed by atoms with Crippen molar-refractivity contribution in [1.82, 2.24) is 29.8 Å². The number of carbonyl (C=O) groups excluding carboxylic acids is 1. The SMILES string of the molecule is C=CC(=O)N1CC2(CC(n3nc(N4CCC(CN5CCOCC5)CC4(C)COC)c(-c4c(Cl)c(Cl)cc5[nH]ncc45)c3C)C2)C1. The number of rotatable bonds is 8. The quantitative estimate of drug-likeness (QED) is 0.327. The first-order valence-electron chi connectivity index (χ1n) is 16.0. The third-order valence-corrected chi connectivity index (χ3v) is 11.5. The Labute approximate surface area is 274 Å². The highest BCUT2D eigenvalue weighted by Crippen LogP contribution is 2.56. The van der Waals surface area contributed by atoms with E-state index >= 15 is 0 Å².